The van der Waals surface area contributed by atoms with Gasteiger partial charge in [-0.05, 0) is 12.0 Å². The highest BCUT2D eigenvalue weighted by Crippen LogP contribution is 2.48. The van der Waals surface area contributed by atoms with Gasteiger partial charge in [-0.2, -0.15) is 0 Å². The highest BCUT2D eigenvalue weighted by molar-refractivity contribution is 8.04. The Kier molecular flexibility index (Phi) is 3.49. The van der Waals surface area contributed by atoms with Crippen molar-refractivity contribution < 1.29 is 14.7 Å². The summed E-state index contributed by atoms with van der Waals surface area (Å²) in [6.07, 6.45) is 1.71. The minimum Gasteiger partial charge on any atom is -0.477 e. The van der Waals surface area contributed by atoms with Crippen molar-refractivity contribution in [2.24, 2.45) is 5.11 Å². The van der Waals surface area contributed by atoms with Crippen LogP contribution in [0.1, 0.15) is 26.2 Å². The molecule has 7 nitrogen and oxygen atoms in total. The number of fused-ring (bicyclic) bond motifs is 1. The number of carboxylic acids is 1. The Bertz CT molecular complexity index is 484. The number of carbonyl (C=O) groups is 2. The van der Waals surface area contributed by atoms with Gasteiger partial charge in [0.25, 0.3) is 0 Å². The molecule has 1 unspecified atom stereocenters. The van der Waals surface area contributed by atoms with Gasteiger partial charge >= 0.3 is 5.97 Å². The van der Waals surface area contributed by atoms with Gasteiger partial charge in [-0.1, -0.05) is 18.5 Å². The zero-order valence-corrected chi connectivity index (χ0v) is 10.6. The van der Waals surface area contributed by atoms with Crippen molar-refractivity contribution in [3.63, 3.8) is 0 Å². The van der Waals surface area contributed by atoms with Crippen LogP contribution in [-0.2, 0) is 9.59 Å². The summed E-state index contributed by atoms with van der Waals surface area (Å²) in [4.78, 5) is 27.2. The van der Waals surface area contributed by atoms with Gasteiger partial charge in [0, 0.05) is 9.82 Å². The van der Waals surface area contributed by atoms with E-state index in [1.165, 1.54) is 16.7 Å². The third-order valence-electron chi connectivity index (χ3n) is 2.90. The molecule has 1 N–H and O–H groups in total. The zero-order valence-electron chi connectivity index (χ0n) is 9.74. The number of aliphatic carboxylic acids is 1. The SMILES string of the molecule is CCCC(N=[N+]=[N-])C1=C(C(=O)O)N2C(=O)C[C@@H]2S1. The molecule has 0 saturated carbocycles. The van der Waals surface area contributed by atoms with E-state index in [1.54, 1.807) is 0 Å². The van der Waals surface area contributed by atoms with Crippen LogP contribution in [0.25, 0.3) is 10.4 Å². The summed E-state index contributed by atoms with van der Waals surface area (Å²) in [5.74, 6) is -1.32. The van der Waals surface area contributed by atoms with Crippen LogP contribution in [0.2, 0.25) is 0 Å². The molecular formula is C10H12N4O3S. The van der Waals surface area contributed by atoms with E-state index >= 15 is 0 Å². The zero-order chi connectivity index (χ0) is 13.3. The fourth-order valence-corrected chi connectivity index (χ4v) is 3.56. The van der Waals surface area contributed by atoms with Gasteiger partial charge in [0.15, 0.2) is 0 Å². The van der Waals surface area contributed by atoms with Crippen molar-refractivity contribution in [2.75, 3.05) is 0 Å². The predicted molar refractivity (Wildman–Crippen MR) is 65.3 cm³/mol. The molecule has 1 amide bonds. The molecule has 2 rings (SSSR count). The Morgan fingerprint density at radius 1 is 1.78 bits per heavy atom. The van der Waals surface area contributed by atoms with E-state index in [0.29, 0.717) is 17.7 Å². The third kappa shape index (κ3) is 1.93. The molecule has 2 heterocycles. The van der Waals surface area contributed by atoms with Gasteiger partial charge in [0.05, 0.1) is 17.8 Å². The van der Waals surface area contributed by atoms with E-state index in [9.17, 15) is 14.7 Å². The standard InChI is InChI=1S/C10H12N4O3S/c1-2-3-5(12-13-11)9-8(10(16)17)14-6(15)4-7(14)18-9/h5,7H,2-4H2,1H3,(H,16,17)/t5?,7-/m0/s1. The number of thioether (sulfide) groups is 1. The van der Waals surface area contributed by atoms with Crippen LogP contribution in [-0.4, -0.2) is 33.3 Å². The average Bonchev–Trinajstić information content (AvgIpc) is 2.62. The Balaban J connectivity index is 2.37. The van der Waals surface area contributed by atoms with E-state index in [-0.39, 0.29) is 17.0 Å². The summed E-state index contributed by atoms with van der Waals surface area (Å²) in [5, 5.41) is 12.7. The van der Waals surface area contributed by atoms with Crippen LogP contribution in [0.3, 0.4) is 0 Å². The van der Waals surface area contributed by atoms with Crippen LogP contribution in [0.15, 0.2) is 15.7 Å². The molecule has 2 aliphatic heterocycles. The Morgan fingerprint density at radius 2 is 2.50 bits per heavy atom. The molecule has 2 aliphatic rings. The van der Waals surface area contributed by atoms with E-state index < -0.39 is 12.0 Å². The lowest BCUT2D eigenvalue weighted by Crippen LogP contribution is -2.48. The first-order valence-corrected chi connectivity index (χ1v) is 6.48. The van der Waals surface area contributed by atoms with Gasteiger partial charge in [-0.25, -0.2) is 4.79 Å². The summed E-state index contributed by atoms with van der Waals surface area (Å²) >= 11 is 1.33. The van der Waals surface area contributed by atoms with Crippen molar-refractivity contribution >= 4 is 23.6 Å². The predicted octanol–water partition coefficient (Wildman–Crippen LogP) is 2.07. The Labute approximate surface area is 107 Å². The van der Waals surface area contributed by atoms with Crippen LogP contribution < -0.4 is 0 Å². The molecule has 0 aromatic heterocycles. The highest BCUT2D eigenvalue weighted by Gasteiger charge is 2.49. The molecule has 0 aromatic carbocycles. The number of carboxylic acid groups (broad SMARTS) is 1. The van der Waals surface area contributed by atoms with Gasteiger partial charge < -0.3 is 5.11 Å². The molecule has 2 atom stereocenters. The first-order chi connectivity index (χ1) is 8.60. The minimum absolute atomic E-state index is 0.00731. The lowest BCUT2D eigenvalue weighted by atomic mass is 10.1. The topological polar surface area (TPSA) is 106 Å². The Hall–Kier alpha value is -1.66. The van der Waals surface area contributed by atoms with Crippen molar-refractivity contribution in [2.45, 2.75) is 37.6 Å². The van der Waals surface area contributed by atoms with Gasteiger partial charge in [-0.3, -0.25) is 9.69 Å². The Morgan fingerprint density at radius 3 is 3.00 bits per heavy atom. The largest absolute Gasteiger partial charge is 0.477 e. The number of hydrogen-bond donors (Lipinski definition) is 1. The number of β-lactam (4-membered cyclic amide) rings is 1. The van der Waals surface area contributed by atoms with Crippen LogP contribution in [0, 0.1) is 0 Å². The van der Waals surface area contributed by atoms with Crippen LogP contribution in [0.5, 0.6) is 0 Å². The monoisotopic (exact) mass is 268 g/mol. The molecule has 1 saturated heterocycles. The van der Waals surface area contributed by atoms with Crippen molar-refractivity contribution in [1.29, 1.82) is 0 Å². The molecule has 96 valence electrons. The summed E-state index contributed by atoms with van der Waals surface area (Å²) in [5.41, 5.74) is 8.54. The fraction of sp³-hybridized carbons (Fsp3) is 0.600. The minimum atomic E-state index is -1.14. The highest BCUT2D eigenvalue weighted by atomic mass is 32.2. The summed E-state index contributed by atoms with van der Waals surface area (Å²) in [6.45, 7) is 1.93. The maximum atomic E-state index is 11.4. The van der Waals surface area contributed by atoms with E-state index in [1.807, 2.05) is 6.92 Å². The van der Waals surface area contributed by atoms with Gasteiger partial charge in [0.1, 0.15) is 5.70 Å². The number of rotatable bonds is 5. The number of azide groups is 1. The van der Waals surface area contributed by atoms with E-state index in [4.69, 9.17) is 5.53 Å². The average molecular weight is 268 g/mol. The number of amides is 1. The van der Waals surface area contributed by atoms with Crippen LogP contribution >= 0.6 is 11.8 Å². The van der Waals surface area contributed by atoms with E-state index in [2.05, 4.69) is 10.0 Å². The first kappa shape index (κ1) is 12.8. The molecule has 18 heavy (non-hydrogen) atoms. The first-order valence-electron chi connectivity index (χ1n) is 5.60. The molecule has 0 aromatic rings. The second kappa shape index (κ2) is 4.91. The molecule has 8 heteroatoms. The number of nitrogens with zero attached hydrogens (tertiary/aromatic N) is 4. The maximum Gasteiger partial charge on any atom is 0.353 e. The lowest BCUT2D eigenvalue weighted by Gasteiger charge is -2.33. The van der Waals surface area contributed by atoms with Gasteiger partial charge in [-0.15, -0.1) is 11.8 Å². The van der Waals surface area contributed by atoms with Crippen molar-refractivity contribution in [1.82, 2.24) is 4.90 Å². The third-order valence-corrected chi connectivity index (χ3v) is 4.27. The van der Waals surface area contributed by atoms with Crippen molar-refractivity contribution in [3.05, 3.63) is 21.0 Å². The fourth-order valence-electron chi connectivity index (χ4n) is 2.09. The second-order valence-electron chi connectivity index (χ2n) is 4.07. The molecule has 0 aliphatic carbocycles. The summed E-state index contributed by atoms with van der Waals surface area (Å²) in [6, 6.07) is -0.491. The van der Waals surface area contributed by atoms with E-state index in [0.717, 1.165) is 6.42 Å². The maximum absolute atomic E-state index is 11.4. The van der Waals surface area contributed by atoms with Gasteiger partial charge in [0.2, 0.25) is 5.91 Å². The molecule has 0 spiro atoms. The molecule has 1 fully saturated rings. The summed E-state index contributed by atoms with van der Waals surface area (Å²) in [7, 11) is 0. The molecule has 0 bridgehead atoms. The van der Waals surface area contributed by atoms with Crippen molar-refractivity contribution in [3.8, 4) is 0 Å². The van der Waals surface area contributed by atoms with Crippen LogP contribution in [0.4, 0.5) is 0 Å². The number of hydrogen-bond acceptors (Lipinski definition) is 4. The quantitative estimate of drug-likeness (QED) is 0.356. The number of carbonyl (C=O) groups excluding carboxylic acids is 1. The lowest BCUT2D eigenvalue weighted by molar-refractivity contribution is -0.145. The second-order valence-corrected chi connectivity index (χ2v) is 5.29. The summed E-state index contributed by atoms with van der Waals surface area (Å²) < 4.78 is 0. The molecular weight excluding hydrogens is 256 g/mol. The molecule has 0 radical (unpaired) electrons. The normalized spacial score (nSPS) is 23.3. The smallest absolute Gasteiger partial charge is 0.353 e.